The molecule has 0 aliphatic heterocycles. The Hall–Kier alpha value is -0.400. The van der Waals surface area contributed by atoms with Gasteiger partial charge in [0.2, 0.25) is 0 Å². The first-order valence-corrected chi connectivity index (χ1v) is 5.67. The molecular weight excluding hydrogens is 162 g/mol. The van der Waals surface area contributed by atoms with Crippen molar-refractivity contribution in [2.24, 2.45) is 5.18 Å². The van der Waals surface area contributed by atoms with E-state index in [0.29, 0.717) is 0 Å². The van der Waals surface area contributed by atoms with Crippen molar-refractivity contribution in [1.82, 2.24) is 0 Å². The first-order chi connectivity index (χ1) is 6.33. The van der Waals surface area contributed by atoms with Crippen molar-refractivity contribution in [3.8, 4) is 0 Å². The van der Waals surface area contributed by atoms with Gasteiger partial charge in [-0.3, -0.25) is 0 Å². The summed E-state index contributed by atoms with van der Waals surface area (Å²) in [6.45, 7) is 2.14. The lowest BCUT2D eigenvalue weighted by Crippen LogP contribution is -2.26. The molecule has 0 radical (unpaired) electrons. The predicted molar refractivity (Wildman–Crippen MR) is 55.8 cm³/mol. The van der Waals surface area contributed by atoms with Gasteiger partial charge in [-0.25, -0.2) is 0 Å². The zero-order chi connectivity index (χ0) is 9.57. The van der Waals surface area contributed by atoms with Crippen LogP contribution < -0.4 is 0 Å². The van der Waals surface area contributed by atoms with Gasteiger partial charge in [0.05, 0.1) is 0 Å². The van der Waals surface area contributed by atoms with Gasteiger partial charge in [-0.05, 0) is 19.3 Å². The Kier molecular flexibility index (Phi) is 4.40. The summed E-state index contributed by atoms with van der Waals surface area (Å²) in [5.74, 6) is 0. The third-order valence-electron chi connectivity index (χ3n) is 3.19. The Labute approximate surface area is 81.1 Å². The lowest BCUT2D eigenvalue weighted by Gasteiger charge is -2.27. The SMILES string of the molecule is CCCC1(N=O)CCCCCCC1. The van der Waals surface area contributed by atoms with Crippen LogP contribution in [0.4, 0.5) is 0 Å². The van der Waals surface area contributed by atoms with Crippen molar-refractivity contribution in [2.75, 3.05) is 0 Å². The summed E-state index contributed by atoms with van der Waals surface area (Å²) in [5.41, 5.74) is -0.185. The Morgan fingerprint density at radius 2 is 1.62 bits per heavy atom. The van der Waals surface area contributed by atoms with E-state index in [0.717, 1.165) is 25.7 Å². The van der Waals surface area contributed by atoms with Gasteiger partial charge >= 0.3 is 0 Å². The molecule has 1 saturated carbocycles. The fourth-order valence-corrected chi connectivity index (χ4v) is 2.42. The van der Waals surface area contributed by atoms with Gasteiger partial charge in [-0.15, -0.1) is 0 Å². The van der Waals surface area contributed by atoms with Crippen molar-refractivity contribution < 1.29 is 0 Å². The molecule has 0 heterocycles. The smallest absolute Gasteiger partial charge is 0.103 e. The van der Waals surface area contributed by atoms with Gasteiger partial charge in [-0.2, -0.15) is 4.91 Å². The molecular formula is C11H21NO. The minimum absolute atomic E-state index is 0.185. The van der Waals surface area contributed by atoms with Gasteiger partial charge in [0.1, 0.15) is 5.54 Å². The largest absolute Gasteiger partial charge is 0.150 e. The maximum atomic E-state index is 10.9. The highest BCUT2D eigenvalue weighted by atomic mass is 16.3. The average molecular weight is 183 g/mol. The maximum absolute atomic E-state index is 10.9. The zero-order valence-electron chi connectivity index (χ0n) is 8.72. The normalized spacial score (nSPS) is 23.2. The van der Waals surface area contributed by atoms with Crippen LogP contribution in [-0.4, -0.2) is 5.54 Å². The molecule has 0 unspecified atom stereocenters. The molecule has 0 amide bonds. The highest BCUT2D eigenvalue weighted by Gasteiger charge is 2.30. The summed E-state index contributed by atoms with van der Waals surface area (Å²) in [7, 11) is 0. The van der Waals surface area contributed by atoms with E-state index < -0.39 is 0 Å². The van der Waals surface area contributed by atoms with Crippen LogP contribution in [0.1, 0.15) is 64.7 Å². The number of rotatable bonds is 3. The fraction of sp³-hybridized carbons (Fsp3) is 1.00. The second-order valence-corrected chi connectivity index (χ2v) is 4.33. The quantitative estimate of drug-likeness (QED) is 0.607. The molecule has 2 heteroatoms. The second-order valence-electron chi connectivity index (χ2n) is 4.33. The Morgan fingerprint density at radius 1 is 1.08 bits per heavy atom. The fourth-order valence-electron chi connectivity index (χ4n) is 2.42. The van der Waals surface area contributed by atoms with Crippen molar-refractivity contribution in [3.63, 3.8) is 0 Å². The lowest BCUT2D eigenvalue weighted by molar-refractivity contribution is 0.295. The van der Waals surface area contributed by atoms with Crippen molar-refractivity contribution >= 4 is 0 Å². The monoisotopic (exact) mass is 183 g/mol. The van der Waals surface area contributed by atoms with Crippen LogP contribution in [-0.2, 0) is 0 Å². The molecule has 0 bridgehead atoms. The molecule has 1 rings (SSSR count). The molecule has 0 N–H and O–H groups in total. The standard InChI is InChI=1S/C11H21NO/c1-2-8-11(12-13)9-6-4-3-5-7-10-11/h2-10H2,1H3. The minimum atomic E-state index is -0.185. The highest BCUT2D eigenvalue weighted by molar-refractivity contribution is 4.88. The molecule has 0 aromatic carbocycles. The summed E-state index contributed by atoms with van der Waals surface area (Å²) < 4.78 is 0. The second kappa shape index (κ2) is 5.36. The molecule has 0 aromatic heterocycles. The Bertz CT molecular complexity index is 148. The molecule has 0 atom stereocenters. The third kappa shape index (κ3) is 3.09. The minimum Gasteiger partial charge on any atom is -0.150 e. The van der Waals surface area contributed by atoms with E-state index >= 15 is 0 Å². The summed E-state index contributed by atoms with van der Waals surface area (Å²) in [6, 6.07) is 0. The highest BCUT2D eigenvalue weighted by Crippen LogP contribution is 2.33. The van der Waals surface area contributed by atoms with E-state index in [-0.39, 0.29) is 5.54 Å². The molecule has 1 aliphatic carbocycles. The van der Waals surface area contributed by atoms with Crippen molar-refractivity contribution in [3.05, 3.63) is 4.91 Å². The average Bonchev–Trinajstić information content (AvgIpc) is 2.10. The molecule has 2 nitrogen and oxygen atoms in total. The van der Waals surface area contributed by atoms with E-state index in [1.165, 1.54) is 32.1 Å². The maximum Gasteiger partial charge on any atom is 0.103 e. The molecule has 13 heavy (non-hydrogen) atoms. The van der Waals surface area contributed by atoms with E-state index in [1.807, 2.05) is 0 Å². The van der Waals surface area contributed by atoms with Crippen LogP contribution in [0.15, 0.2) is 5.18 Å². The molecule has 1 fully saturated rings. The number of nitroso groups, excluding NO2 is 1. The van der Waals surface area contributed by atoms with Crippen molar-refractivity contribution in [2.45, 2.75) is 70.3 Å². The van der Waals surface area contributed by atoms with Crippen LogP contribution in [0.3, 0.4) is 0 Å². The van der Waals surface area contributed by atoms with Gasteiger partial charge < -0.3 is 0 Å². The summed E-state index contributed by atoms with van der Waals surface area (Å²) in [5, 5.41) is 3.42. The van der Waals surface area contributed by atoms with E-state index in [9.17, 15) is 4.91 Å². The molecule has 1 aliphatic rings. The van der Waals surface area contributed by atoms with Crippen LogP contribution in [0.5, 0.6) is 0 Å². The molecule has 0 spiro atoms. The third-order valence-corrected chi connectivity index (χ3v) is 3.19. The predicted octanol–water partition coefficient (Wildman–Crippen LogP) is 4.04. The van der Waals surface area contributed by atoms with Crippen LogP contribution in [0.2, 0.25) is 0 Å². The van der Waals surface area contributed by atoms with E-state index in [2.05, 4.69) is 12.1 Å². The molecule has 76 valence electrons. The lowest BCUT2D eigenvalue weighted by atomic mass is 9.81. The van der Waals surface area contributed by atoms with E-state index in [4.69, 9.17) is 0 Å². The van der Waals surface area contributed by atoms with Gasteiger partial charge in [-0.1, -0.05) is 50.6 Å². The Morgan fingerprint density at radius 3 is 2.08 bits per heavy atom. The Balaban J connectivity index is 2.52. The molecule has 0 saturated heterocycles. The summed E-state index contributed by atoms with van der Waals surface area (Å²) >= 11 is 0. The summed E-state index contributed by atoms with van der Waals surface area (Å²) in [4.78, 5) is 10.9. The van der Waals surface area contributed by atoms with Crippen molar-refractivity contribution in [1.29, 1.82) is 0 Å². The van der Waals surface area contributed by atoms with E-state index in [1.54, 1.807) is 0 Å². The van der Waals surface area contributed by atoms with Crippen LogP contribution >= 0.6 is 0 Å². The number of hydrogen-bond donors (Lipinski definition) is 0. The first-order valence-electron chi connectivity index (χ1n) is 5.67. The van der Waals surface area contributed by atoms with Gasteiger partial charge in [0.15, 0.2) is 0 Å². The first kappa shape index (κ1) is 10.7. The van der Waals surface area contributed by atoms with Gasteiger partial charge in [0, 0.05) is 0 Å². The van der Waals surface area contributed by atoms with Crippen LogP contribution in [0.25, 0.3) is 0 Å². The summed E-state index contributed by atoms with van der Waals surface area (Å²) in [6.07, 6.45) is 10.5. The topological polar surface area (TPSA) is 29.4 Å². The molecule has 0 aromatic rings. The van der Waals surface area contributed by atoms with Crippen LogP contribution in [0, 0.1) is 4.91 Å². The van der Waals surface area contributed by atoms with Gasteiger partial charge in [0.25, 0.3) is 0 Å². The zero-order valence-corrected chi connectivity index (χ0v) is 8.72. The number of hydrogen-bond acceptors (Lipinski definition) is 2. The number of nitrogens with zero attached hydrogens (tertiary/aromatic N) is 1.